The summed E-state index contributed by atoms with van der Waals surface area (Å²) in [6.07, 6.45) is 0. The Bertz CT molecular complexity index is 4160. The van der Waals surface area contributed by atoms with Crippen molar-refractivity contribution < 1.29 is 0 Å². The van der Waals surface area contributed by atoms with E-state index in [9.17, 15) is 0 Å². The van der Waals surface area contributed by atoms with Gasteiger partial charge in [0.25, 0.3) is 0 Å². The highest BCUT2D eigenvalue weighted by Crippen LogP contribution is 2.56. The van der Waals surface area contributed by atoms with Gasteiger partial charge < -0.3 is 9.47 Å². The van der Waals surface area contributed by atoms with E-state index in [1.807, 2.05) is 0 Å². The Hall–Kier alpha value is -9.76. The standard InChI is InChI=1S/C73H50N2/c1-5-20-51(21-6-1)54-22-19-23-55(48-54)52-36-41-60(42-37-52)74(59-28-11-4-12-29-59)61-43-38-53(39-44-61)63-30-13-14-31-64(63)56-40-46-67-66-33-16-18-35-71(66)75(72(67)49-56)62-45-47-70-68(50-62)65-32-15-17-34-69(65)73(70,57-24-7-2-8-25-57)58-26-9-3-10-27-58/h1-50H. The van der Waals surface area contributed by atoms with Gasteiger partial charge in [-0.3, -0.25) is 0 Å². The molecule has 2 heteroatoms. The highest BCUT2D eigenvalue weighted by molar-refractivity contribution is 6.10. The average molecular weight is 955 g/mol. The number of fused-ring (bicyclic) bond motifs is 6. The molecule has 2 nitrogen and oxygen atoms in total. The van der Waals surface area contributed by atoms with E-state index >= 15 is 0 Å². The van der Waals surface area contributed by atoms with E-state index < -0.39 is 5.41 Å². The van der Waals surface area contributed by atoms with Crippen molar-refractivity contribution in [2.75, 3.05) is 4.90 Å². The quantitative estimate of drug-likeness (QED) is 0.133. The van der Waals surface area contributed by atoms with Crippen LogP contribution < -0.4 is 4.90 Å². The minimum absolute atomic E-state index is 0.453. The van der Waals surface area contributed by atoms with Crippen molar-refractivity contribution in [1.82, 2.24) is 4.57 Å². The molecule has 1 aliphatic rings. The predicted octanol–water partition coefficient (Wildman–Crippen LogP) is 19.3. The molecule has 352 valence electrons. The van der Waals surface area contributed by atoms with Crippen molar-refractivity contribution in [1.29, 1.82) is 0 Å². The van der Waals surface area contributed by atoms with Gasteiger partial charge in [0, 0.05) is 33.5 Å². The van der Waals surface area contributed by atoms with Gasteiger partial charge in [0.15, 0.2) is 0 Å². The normalized spacial score (nSPS) is 12.4. The fourth-order valence-electron chi connectivity index (χ4n) is 12.1. The molecule has 75 heavy (non-hydrogen) atoms. The zero-order valence-electron chi connectivity index (χ0n) is 41.3. The maximum atomic E-state index is 2.48. The average Bonchev–Trinajstić information content (AvgIpc) is 4.05. The Morgan fingerprint density at radius 1 is 0.253 bits per heavy atom. The molecule has 1 heterocycles. The van der Waals surface area contributed by atoms with E-state index in [1.54, 1.807) is 0 Å². The molecule has 0 unspecified atom stereocenters. The number of hydrogen-bond donors (Lipinski definition) is 0. The first-order chi connectivity index (χ1) is 37.2. The zero-order valence-corrected chi connectivity index (χ0v) is 41.3. The Morgan fingerprint density at radius 3 is 1.39 bits per heavy atom. The molecular weight excluding hydrogens is 905 g/mol. The van der Waals surface area contributed by atoms with Crippen molar-refractivity contribution in [2.45, 2.75) is 5.41 Å². The summed E-state index contributed by atoms with van der Waals surface area (Å²) in [6, 6.07) is 111. The van der Waals surface area contributed by atoms with Gasteiger partial charge >= 0.3 is 0 Å². The first kappa shape index (κ1) is 44.0. The van der Waals surface area contributed by atoms with Crippen LogP contribution in [0.2, 0.25) is 0 Å². The lowest BCUT2D eigenvalue weighted by atomic mass is 9.68. The van der Waals surface area contributed by atoms with E-state index in [0.717, 1.165) is 28.3 Å². The number of aromatic nitrogens is 1. The fraction of sp³-hybridized carbons (Fsp3) is 0.0137. The van der Waals surface area contributed by atoms with Gasteiger partial charge in [-0.2, -0.15) is 0 Å². The summed E-state index contributed by atoms with van der Waals surface area (Å²) in [5, 5.41) is 2.47. The van der Waals surface area contributed by atoms with Crippen LogP contribution >= 0.6 is 0 Å². The number of nitrogens with zero attached hydrogens (tertiary/aromatic N) is 2. The molecule has 0 amide bonds. The molecule has 1 aliphatic carbocycles. The Balaban J connectivity index is 0.842. The van der Waals surface area contributed by atoms with Crippen LogP contribution in [0, 0.1) is 0 Å². The third kappa shape index (κ3) is 7.41. The van der Waals surface area contributed by atoms with Gasteiger partial charge in [0.1, 0.15) is 0 Å². The molecule has 0 atom stereocenters. The maximum absolute atomic E-state index is 2.48. The molecule has 14 rings (SSSR count). The van der Waals surface area contributed by atoms with Crippen molar-refractivity contribution in [3.8, 4) is 61.3 Å². The van der Waals surface area contributed by atoms with Crippen molar-refractivity contribution in [3.63, 3.8) is 0 Å². The fourth-order valence-corrected chi connectivity index (χ4v) is 12.1. The van der Waals surface area contributed by atoms with Crippen LogP contribution in [0.25, 0.3) is 83.1 Å². The topological polar surface area (TPSA) is 8.17 Å². The van der Waals surface area contributed by atoms with Gasteiger partial charge in [-0.15, -0.1) is 0 Å². The molecule has 1 aromatic heterocycles. The molecule has 0 bridgehead atoms. The first-order valence-corrected chi connectivity index (χ1v) is 25.9. The second kappa shape index (κ2) is 18.4. The number of para-hydroxylation sites is 2. The second-order valence-electron chi connectivity index (χ2n) is 19.6. The van der Waals surface area contributed by atoms with Crippen molar-refractivity contribution >= 4 is 38.9 Å². The molecule has 0 spiro atoms. The Kier molecular flexibility index (Phi) is 10.8. The van der Waals surface area contributed by atoms with Crippen LogP contribution in [0.4, 0.5) is 17.1 Å². The number of hydrogen-bond acceptors (Lipinski definition) is 1. The number of anilines is 3. The third-order valence-electron chi connectivity index (χ3n) is 15.5. The minimum atomic E-state index is -0.453. The van der Waals surface area contributed by atoms with Gasteiger partial charge in [-0.25, -0.2) is 0 Å². The first-order valence-electron chi connectivity index (χ1n) is 25.9. The van der Waals surface area contributed by atoms with Crippen LogP contribution in [0.15, 0.2) is 303 Å². The van der Waals surface area contributed by atoms with E-state index in [0.29, 0.717) is 0 Å². The SMILES string of the molecule is c1ccc(-c2cccc(-c3ccc(N(c4ccccc4)c4ccc(-c5ccccc5-c5ccc6c7ccccc7n(-c7ccc8c(c7)-c7ccccc7C8(c7ccccc7)c7ccccc7)c6c5)cc4)cc3)c2)cc1. The van der Waals surface area contributed by atoms with E-state index in [-0.39, 0.29) is 0 Å². The molecule has 0 radical (unpaired) electrons. The van der Waals surface area contributed by atoms with Crippen molar-refractivity contribution in [3.05, 3.63) is 326 Å². The van der Waals surface area contributed by atoms with Gasteiger partial charge in [-0.1, -0.05) is 237 Å². The molecule has 0 aliphatic heterocycles. The lowest BCUT2D eigenvalue weighted by Crippen LogP contribution is -2.28. The molecule has 0 N–H and O–H groups in total. The van der Waals surface area contributed by atoms with Gasteiger partial charge in [0.05, 0.1) is 16.4 Å². The summed E-state index contributed by atoms with van der Waals surface area (Å²) in [5.74, 6) is 0. The van der Waals surface area contributed by atoms with Crippen LogP contribution in [-0.2, 0) is 5.41 Å². The summed E-state index contributed by atoms with van der Waals surface area (Å²) in [5.41, 5.74) is 23.6. The largest absolute Gasteiger partial charge is 0.311 e. The lowest BCUT2D eigenvalue weighted by Gasteiger charge is -2.33. The zero-order chi connectivity index (χ0) is 49.7. The number of benzene rings is 12. The Morgan fingerprint density at radius 2 is 0.720 bits per heavy atom. The van der Waals surface area contributed by atoms with Crippen LogP contribution in [0.5, 0.6) is 0 Å². The minimum Gasteiger partial charge on any atom is -0.311 e. The highest BCUT2D eigenvalue weighted by atomic mass is 15.1. The monoisotopic (exact) mass is 954 g/mol. The lowest BCUT2D eigenvalue weighted by molar-refractivity contribution is 0.768. The molecule has 0 saturated carbocycles. The highest BCUT2D eigenvalue weighted by Gasteiger charge is 2.46. The van der Waals surface area contributed by atoms with E-state index in [4.69, 9.17) is 0 Å². The summed E-state index contributed by atoms with van der Waals surface area (Å²) >= 11 is 0. The summed E-state index contributed by atoms with van der Waals surface area (Å²) in [4.78, 5) is 2.34. The summed E-state index contributed by atoms with van der Waals surface area (Å²) in [6.45, 7) is 0. The van der Waals surface area contributed by atoms with E-state index in [1.165, 1.54) is 94.1 Å². The van der Waals surface area contributed by atoms with Gasteiger partial charge in [0.2, 0.25) is 0 Å². The molecular formula is C73H50N2. The Labute approximate surface area is 438 Å². The predicted molar refractivity (Wildman–Crippen MR) is 315 cm³/mol. The summed E-state index contributed by atoms with van der Waals surface area (Å²) in [7, 11) is 0. The maximum Gasteiger partial charge on any atom is 0.0713 e. The van der Waals surface area contributed by atoms with Crippen molar-refractivity contribution in [2.24, 2.45) is 0 Å². The molecule has 0 saturated heterocycles. The second-order valence-corrected chi connectivity index (χ2v) is 19.6. The molecule has 12 aromatic carbocycles. The molecule has 13 aromatic rings. The van der Waals surface area contributed by atoms with Gasteiger partial charge in [-0.05, 0) is 145 Å². The summed E-state index contributed by atoms with van der Waals surface area (Å²) < 4.78 is 2.48. The third-order valence-corrected chi connectivity index (χ3v) is 15.5. The smallest absolute Gasteiger partial charge is 0.0713 e. The van der Waals surface area contributed by atoms with Crippen LogP contribution in [0.3, 0.4) is 0 Å². The number of rotatable bonds is 10. The van der Waals surface area contributed by atoms with Crippen LogP contribution in [0.1, 0.15) is 22.3 Å². The van der Waals surface area contributed by atoms with Crippen LogP contribution in [-0.4, -0.2) is 4.57 Å². The molecule has 0 fully saturated rings. The van der Waals surface area contributed by atoms with E-state index in [2.05, 4.69) is 313 Å².